The zero-order valence-electron chi connectivity index (χ0n) is 15.8. The maximum Gasteiger partial charge on any atom is 0.277 e. The summed E-state index contributed by atoms with van der Waals surface area (Å²) in [4.78, 5) is 12.2. The van der Waals surface area contributed by atoms with Gasteiger partial charge in [0.2, 0.25) is 11.8 Å². The fourth-order valence-corrected chi connectivity index (χ4v) is 3.30. The van der Waals surface area contributed by atoms with Crippen molar-refractivity contribution in [2.45, 2.75) is 25.5 Å². The molecule has 0 fully saturated rings. The number of thioether (sulfide) groups is 1. The molecule has 0 saturated heterocycles. The Labute approximate surface area is 172 Å². The average molecular weight is 418 g/mol. The molecular formula is C20H20ClN3O3S. The van der Waals surface area contributed by atoms with Crippen LogP contribution in [0, 0.1) is 13.8 Å². The van der Waals surface area contributed by atoms with Crippen molar-refractivity contribution in [3.05, 3.63) is 64.0 Å². The zero-order chi connectivity index (χ0) is 20.1. The summed E-state index contributed by atoms with van der Waals surface area (Å²) in [6.45, 7) is 4.14. The molecule has 6 nitrogen and oxygen atoms in total. The van der Waals surface area contributed by atoms with Crippen LogP contribution in [0.3, 0.4) is 0 Å². The van der Waals surface area contributed by atoms with Crippen LogP contribution >= 0.6 is 23.4 Å². The van der Waals surface area contributed by atoms with Gasteiger partial charge in [-0.15, -0.1) is 10.2 Å². The normalized spacial score (nSPS) is 10.7. The van der Waals surface area contributed by atoms with E-state index in [1.807, 2.05) is 6.07 Å². The van der Waals surface area contributed by atoms with E-state index in [4.69, 9.17) is 20.8 Å². The van der Waals surface area contributed by atoms with Gasteiger partial charge in [-0.05, 0) is 48.7 Å². The fourth-order valence-electron chi connectivity index (χ4n) is 2.55. The molecule has 3 aromatic rings. The molecule has 3 rings (SSSR count). The molecule has 2 aromatic carbocycles. The van der Waals surface area contributed by atoms with Crippen LogP contribution in [-0.2, 0) is 11.2 Å². The van der Waals surface area contributed by atoms with Gasteiger partial charge in [-0.2, -0.15) is 0 Å². The molecule has 0 atom stereocenters. The first-order chi connectivity index (χ1) is 13.4. The minimum absolute atomic E-state index is 0.126. The molecule has 0 spiro atoms. The number of rotatable bonds is 7. The quantitative estimate of drug-likeness (QED) is 0.563. The number of hydrogen-bond donors (Lipinski definition) is 1. The van der Waals surface area contributed by atoms with Gasteiger partial charge < -0.3 is 14.5 Å². The number of halogens is 1. The number of methoxy groups -OCH3 is 1. The van der Waals surface area contributed by atoms with Crippen molar-refractivity contribution in [2.24, 2.45) is 0 Å². The molecule has 1 aromatic heterocycles. The highest BCUT2D eigenvalue weighted by atomic mass is 35.5. The molecule has 8 heteroatoms. The SMILES string of the molecule is COc1ccc(Cl)cc1NC(=O)CSc1nnc(Cc2ccc(C)c(C)c2)o1. The van der Waals surface area contributed by atoms with Crippen LogP contribution in [0.1, 0.15) is 22.6 Å². The highest BCUT2D eigenvalue weighted by Gasteiger charge is 2.13. The third-order valence-electron chi connectivity index (χ3n) is 4.14. The van der Waals surface area contributed by atoms with E-state index in [-0.39, 0.29) is 11.7 Å². The Kier molecular flexibility index (Phi) is 6.59. The molecule has 1 amide bonds. The second-order valence-corrected chi connectivity index (χ2v) is 7.60. The van der Waals surface area contributed by atoms with E-state index >= 15 is 0 Å². The summed E-state index contributed by atoms with van der Waals surface area (Å²) >= 11 is 7.15. The standard InChI is InChI=1S/C20H20ClN3O3S/c1-12-4-5-14(8-13(12)2)9-19-23-24-20(27-19)28-11-18(25)22-16-10-15(21)6-7-17(16)26-3/h4-8,10H,9,11H2,1-3H3,(H,22,25). The van der Waals surface area contributed by atoms with E-state index in [1.54, 1.807) is 18.2 Å². The van der Waals surface area contributed by atoms with Crippen molar-refractivity contribution in [3.8, 4) is 5.75 Å². The number of nitrogens with zero attached hydrogens (tertiary/aromatic N) is 2. The van der Waals surface area contributed by atoms with Crippen molar-refractivity contribution in [1.29, 1.82) is 0 Å². The van der Waals surface area contributed by atoms with E-state index in [0.29, 0.717) is 34.0 Å². The summed E-state index contributed by atoms with van der Waals surface area (Å²) in [5.41, 5.74) is 4.09. The minimum atomic E-state index is -0.223. The summed E-state index contributed by atoms with van der Waals surface area (Å²) in [7, 11) is 1.53. The third kappa shape index (κ3) is 5.27. The van der Waals surface area contributed by atoms with Crippen molar-refractivity contribution in [2.75, 3.05) is 18.2 Å². The van der Waals surface area contributed by atoms with Crippen LogP contribution in [0.15, 0.2) is 46.0 Å². The summed E-state index contributed by atoms with van der Waals surface area (Å²) in [5, 5.41) is 11.7. The lowest BCUT2D eigenvalue weighted by Crippen LogP contribution is -2.14. The summed E-state index contributed by atoms with van der Waals surface area (Å²) < 4.78 is 10.9. The Balaban J connectivity index is 1.56. The molecule has 0 aliphatic carbocycles. The average Bonchev–Trinajstić information content (AvgIpc) is 3.11. The first-order valence-corrected chi connectivity index (χ1v) is 9.95. The Morgan fingerprint density at radius 2 is 2.00 bits per heavy atom. The molecule has 1 heterocycles. The number of benzene rings is 2. The van der Waals surface area contributed by atoms with Gasteiger partial charge in [-0.25, -0.2) is 0 Å². The minimum Gasteiger partial charge on any atom is -0.495 e. The van der Waals surface area contributed by atoms with Gasteiger partial charge in [0.15, 0.2) is 0 Å². The van der Waals surface area contributed by atoms with Crippen LogP contribution < -0.4 is 10.1 Å². The van der Waals surface area contributed by atoms with Gasteiger partial charge in [0.05, 0.1) is 25.0 Å². The third-order valence-corrected chi connectivity index (χ3v) is 5.19. The van der Waals surface area contributed by atoms with Crippen LogP contribution in [0.5, 0.6) is 5.75 Å². The Bertz CT molecular complexity index is 991. The number of ether oxygens (including phenoxy) is 1. The van der Waals surface area contributed by atoms with Gasteiger partial charge in [0.25, 0.3) is 5.22 Å². The molecule has 146 valence electrons. The number of carbonyl (C=O) groups excluding carboxylic acids is 1. The number of amides is 1. The number of nitrogens with one attached hydrogen (secondary N) is 1. The topological polar surface area (TPSA) is 77.2 Å². The van der Waals surface area contributed by atoms with Crippen molar-refractivity contribution in [1.82, 2.24) is 10.2 Å². The highest BCUT2D eigenvalue weighted by molar-refractivity contribution is 7.99. The largest absolute Gasteiger partial charge is 0.495 e. The lowest BCUT2D eigenvalue weighted by Gasteiger charge is -2.09. The maximum atomic E-state index is 12.2. The van der Waals surface area contributed by atoms with E-state index in [1.165, 1.54) is 30.0 Å². The van der Waals surface area contributed by atoms with E-state index in [9.17, 15) is 4.79 Å². The maximum absolute atomic E-state index is 12.2. The predicted octanol–water partition coefficient (Wildman–Crippen LogP) is 4.67. The smallest absolute Gasteiger partial charge is 0.277 e. The second-order valence-electron chi connectivity index (χ2n) is 6.24. The van der Waals surface area contributed by atoms with Gasteiger partial charge in [0.1, 0.15) is 5.75 Å². The Morgan fingerprint density at radius 3 is 2.75 bits per heavy atom. The lowest BCUT2D eigenvalue weighted by atomic mass is 10.0. The molecule has 0 aliphatic heterocycles. The Hall–Kier alpha value is -2.51. The molecule has 0 radical (unpaired) electrons. The first-order valence-electron chi connectivity index (χ1n) is 8.59. The lowest BCUT2D eigenvalue weighted by molar-refractivity contribution is -0.113. The molecule has 1 N–H and O–H groups in total. The van der Waals surface area contributed by atoms with Gasteiger partial charge in [0, 0.05) is 5.02 Å². The van der Waals surface area contributed by atoms with Crippen LogP contribution in [0.2, 0.25) is 5.02 Å². The van der Waals surface area contributed by atoms with Crippen molar-refractivity contribution >= 4 is 35.0 Å². The van der Waals surface area contributed by atoms with Gasteiger partial charge >= 0.3 is 0 Å². The number of carbonyl (C=O) groups is 1. The molecule has 0 bridgehead atoms. The number of hydrogen-bond acceptors (Lipinski definition) is 6. The molecule has 0 unspecified atom stereocenters. The van der Waals surface area contributed by atoms with Crippen molar-refractivity contribution in [3.63, 3.8) is 0 Å². The molecule has 28 heavy (non-hydrogen) atoms. The van der Waals surface area contributed by atoms with Gasteiger partial charge in [-0.1, -0.05) is 41.6 Å². The van der Waals surface area contributed by atoms with Crippen molar-refractivity contribution < 1.29 is 13.9 Å². The Morgan fingerprint density at radius 1 is 1.18 bits per heavy atom. The molecule has 0 aliphatic rings. The van der Waals surface area contributed by atoms with Crippen LogP contribution in [0.4, 0.5) is 5.69 Å². The van der Waals surface area contributed by atoms with E-state index < -0.39 is 0 Å². The van der Waals surface area contributed by atoms with E-state index in [0.717, 1.165) is 5.56 Å². The monoisotopic (exact) mass is 417 g/mol. The zero-order valence-corrected chi connectivity index (χ0v) is 17.4. The van der Waals surface area contributed by atoms with Gasteiger partial charge in [-0.3, -0.25) is 4.79 Å². The number of aromatic nitrogens is 2. The second kappa shape index (κ2) is 9.12. The van der Waals surface area contributed by atoms with E-state index in [2.05, 4.69) is 41.5 Å². The molecular weight excluding hydrogens is 398 g/mol. The fraction of sp³-hybridized carbons (Fsp3) is 0.250. The highest BCUT2D eigenvalue weighted by Crippen LogP contribution is 2.28. The number of anilines is 1. The summed E-state index contributed by atoms with van der Waals surface area (Å²) in [6, 6.07) is 11.3. The van der Waals surface area contributed by atoms with Crippen LogP contribution in [-0.4, -0.2) is 29.0 Å². The summed E-state index contributed by atoms with van der Waals surface area (Å²) in [6.07, 6.45) is 0.556. The molecule has 0 saturated carbocycles. The first kappa shape index (κ1) is 20.2. The summed E-state index contributed by atoms with van der Waals surface area (Å²) in [5.74, 6) is 0.958. The van der Waals surface area contributed by atoms with Crippen LogP contribution in [0.25, 0.3) is 0 Å². The predicted molar refractivity (Wildman–Crippen MR) is 110 cm³/mol. The number of aryl methyl sites for hydroxylation is 2.